The third-order valence-corrected chi connectivity index (χ3v) is 5.56. The van der Waals surface area contributed by atoms with Gasteiger partial charge in [0, 0.05) is 47.9 Å². The van der Waals surface area contributed by atoms with Gasteiger partial charge in [-0.15, -0.1) is 0 Å². The topological polar surface area (TPSA) is 110 Å². The second kappa shape index (κ2) is 10.5. The fourth-order valence-corrected chi connectivity index (χ4v) is 3.69. The summed E-state index contributed by atoms with van der Waals surface area (Å²) in [7, 11) is 0. The average Bonchev–Trinajstić information content (AvgIpc) is 3.57. The minimum atomic E-state index is -0.690. The van der Waals surface area contributed by atoms with E-state index < -0.39 is 17.7 Å². The van der Waals surface area contributed by atoms with Crippen LogP contribution in [0.5, 0.6) is 11.5 Å². The Kier molecular flexibility index (Phi) is 6.81. The van der Waals surface area contributed by atoms with Crippen molar-refractivity contribution >= 4 is 17.4 Å². The summed E-state index contributed by atoms with van der Waals surface area (Å²) in [5.74, 6) is -0.415. The number of hydrogen-bond donors (Lipinski definition) is 3. The van der Waals surface area contributed by atoms with Crippen LogP contribution in [0.25, 0.3) is 22.5 Å². The van der Waals surface area contributed by atoms with Crippen molar-refractivity contribution in [1.29, 1.82) is 0 Å². The van der Waals surface area contributed by atoms with Crippen LogP contribution in [0.4, 0.5) is 25.0 Å². The fraction of sp³-hybridized carbons (Fsp3) is 0.111. The Balaban J connectivity index is 1.30. The Morgan fingerprint density at radius 1 is 1.00 bits per heavy atom. The summed E-state index contributed by atoms with van der Waals surface area (Å²) >= 11 is 0. The number of aromatic amines is 1. The van der Waals surface area contributed by atoms with Gasteiger partial charge in [0.2, 0.25) is 0 Å². The molecule has 0 bridgehead atoms. The summed E-state index contributed by atoms with van der Waals surface area (Å²) in [5.41, 5.74) is 2.63. The van der Waals surface area contributed by atoms with E-state index in [1.807, 2.05) is 13.8 Å². The van der Waals surface area contributed by atoms with E-state index in [1.54, 1.807) is 53.7 Å². The molecular weight excluding hydrogens is 492 g/mol. The standard InChI is InChI=1S/C27H23F2N7O2/c1-16(2)36-15-25(26(35-36)17-4-3-5-19(28)10-17)34-27(37)33-23-7-6-20(11-22(23)29)38-21-8-9-30-24(12-21)18-13-31-32-14-18/h3-16H,1-2H3,(H,31,32)(H2,33,34,37). The van der Waals surface area contributed by atoms with Gasteiger partial charge in [-0.05, 0) is 44.2 Å². The third-order valence-electron chi connectivity index (χ3n) is 5.56. The van der Waals surface area contributed by atoms with Crippen molar-refractivity contribution in [2.24, 2.45) is 0 Å². The van der Waals surface area contributed by atoms with Gasteiger partial charge in [-0.1, -0.05) is 12.1 Å². The molecule has 0 fully saturated rings. The Bertz CT molecular complexity index is 1580. The van der Waals surface area contributed by atoms with E-state index in [2.05, 4.69) is 30.9 Å². The number of anilines is 2. The molecule has 5 rings (SSSR count). The van der Waals surface area contributed by atoms with E-state index in [4.69, 9.17) is 4.74 Å². The molecule has 2 aromatic carbocycles. The number of carbonyl (C=O) groups is 1. The van der Waals surface area contributed by atoms with Crippen molar-refractivity contribution in [3.05, 3.63) is 91.0 Å². The Hall–Kier alpha value is -5.06. The van der Waals surface area contributed by atoms with E-state index in [0.717, 1.165) is 5.56 Å². The maximum atomic E-state index is 14.8. The van der Waals surface area contributed by atoms with E-state index in [9.17, 15) is 13.6 Å². The van der Waals surface area contributed by atoms with Gasteiger partial charge in [-0.25, -0.2) is 13.6 Å². The smallest absolute Gasteiger partial charge is 0.323 e. The Morgan fingerprint density at radius 3 is 2.55 bits per heavy atom. The molecule has 3 N–H and O–H groups in total. The lowest BCUT2D eigenvalue weighted by Gasteiger charge is -2.11. The number of amides is 2. The third kappa shape index (κ3) is 5.51. The maximum Gasteiger partial charge on any atom is 0.323 e. The quantitative estimate of drug-likeness (QED) is 0.225. The molecule has 0 atom stereocenters. The monoisotopic (exact) mass is 515 g/mol. The van der Waals surface area contributed by atoms with Crippen LogP contribution in [0.15, 0.2) is 79.4 Å². The first kappa shape index (κ1) is 24.6. The van der Waals surface area contributed by atoms with Gasteiger partial charge in [0.1, 0.15) is 28.8 Å². The molecule has 38 heavy (non-hydrogen) atoms. The largest absolute Gasteiger partial charge is 0.457 e. The molecule has 0 saturated heterocycles. The predicted molar refractivity (Wildman–Crippen MR) is 139 cm³/mol. The number of nitrogens with one attached hydrogen (secondary N) is 3. The van der Waals surface area contributed by atoms with E-state index in [-0.39, 0.29) is 17.5 Å². The number of halogens is 2. The first-order chi connectivity index (χ1) is 18.4. The lowest BCUT2D eigenvalue weighted by Crippen LogP contribution is -2.20. The van der Waals surface area contributed by atoms with Gasteiger partial charge in [0.05, 0.1) is 23.3 Å². The lowest BCUT2D eigenvalue weighted by molar-refractivity contribution is 0.262. The van der Waals surface area contributed by atoms with Crippen LogP contribution in [0.3, 0.4) is 0 Å². The molecule has 11 heteroatoms. The van der Waals surface area contributed by atoms with Crippen molar-refractivity contribution < 1.29 is 18.3 Å². The minimum Gasteiger partial charge on any atom is -0.457 e. The van der Waals surface area contributed by atoms with Crippen molar-refractivity contribution in [2.45, 2.75) is 19.9 Å². The normalized spacial score (nSPS) is 11.0. The number of carbonyl (C=O) groups excluding carboxylic acids is 1. The molecule has 0 aliphatic carbocycles. The van der Waals surface area contributed by atoms with Crippen molar-refractivity contribution in [1.82, 2.24) is 25.0 Å². The highest BCUT2D eigenvalue weighted by Crippen LogP contribution is 2.30. The molecule has 0 radical (unpaired) electrons. The van der Waals surface area contributed by atoms with Gasteiger partial charge in [0.15, 0.2) is 0 Å². The Labute approximate surface area is 216 Å². The molecule has 9 nitrogen and oxygen atoms in total. The van der Waals surface area contributed by atoms with Crippen molar-refractivity contribution in [3.63, 3.8) is 0 Å². The molecule has 0 unspecified atom stereocenters. The highest BCUT2D eigenvalue weighted by Gasteiger charge is 2.17. The summed E-state index contributed by atoms with van der Waals surface area (Å²) in [6.07, 6.45) is 6.55. The van der Waals surface area contributed by atoms with Crippen LogP contribution >= 0.6 is 0 Å². The number of rotatable bonds is 7. The number of ether oxygens (including phenoxy) is 1. The van der Waals surface area contributed by atoms with Crippen LogP contribution in [-0.2, 0) is 0 Å². The predicted octanol–water partition coefficient (Wildman–Crippen LogP) is 6.63. The molecule has 3 aromatic heterocycles. The number of pyridine rings is 1. The second-order valence-corrected chi connectivity index (χ2v) is 8.66. The number of hydrogen-bond acceptors (Lipinski definition) is 5. The highest BCUT2D eigenvalue weighted by molar-refractivity contribution is 6.02. The first-order valence-corrected chi connectivity index (χ1v) is 11.7. The van der Waals surface area contributed by atoms with Crippen LogP contribution in [0.1, 0.15) is 19.9 Å². The Morgan fingerprint density at radius 2 is 1.82 bits per heavy atom. The van der Waals surface area contributed by atoms with Crippen LogP contribution < -0.4 is 15.4 Å². The average molecular weight is 516 g/mol. The number of aromatic nitrogens is 5. The van der Waals surface area contributed by atoms with Gasteiger partial charge in [-0.3, -0.25) is 14.8 Å². The van der Waals surface area contributed by atoms with Gasteiger partial charge < -0.3 is 15.4 Å². The molecule has 0 aliphatic rings. The van der Waals surface area contributed by atoms with Crippen LogP contribution in [0.2, 0.25) is 0 Å². The summed E-state index contributed by atoms with van der Waals surface area (Å²) in [6, 6.07) is 12.7. The molecule has 3 heterocycles. The zero-order chi connectivity index (χ0) is 26.6. The number of H-pyrrole nitrogens is 1. The molecule has 192 valence electrons. The first-order valence-electron chi connectivity index (χ1n) is 11.7. The number of nitrogens with zero attached hydrogens (tertiary/aromatic N) is 4. The molecule has 0 saturated carbocycles. The SMILES string of the molecule is CC(C)n1cc(NC(=O)Nc2ccc(Oc3ccnc(-c4cn[nH]c4)c3)cc2F)c(-c2cccc(F)c2)n1. The lowest BCUT2D eigenvalue weighted by atomic mass is 10.1. The molecular formula is C27H23F2N7O2. The second-order valence-electron chi connectivity index (χ2n) is 8.66. The van der Waals surface area contributed by atoms with Crippen molar-refractivity contribution in [2.75, 3.05) is 10.6 Å². The van der Waals surface area contributed by atoms with E-state index in [1.165, 1.54) is 30.3 Å². The van der Waals surface area contributed by atoms with E-state index >= 15 is 0 Å². The molecule has 0 aliphatic heterocycles. The minimum absolute atomic E-state index is 0.00192. The van der Waals surface area contributed by atoms with Gasteiger partial charge in [-0.2, -0.15) is 10.2 Å². The fourth-order valence-electron chi connectivity index (χ4n) is 3.69. The molecule has 0 spiro atoms. The summed E-state index contributed by atoms with van der Waals surface area (Å²) in [6.45, 7) is 3.85. The highest BCUT2D eigenvalue weighted by atomic mass is 19.1. The summed E-state index contributed by atoms with van der Waals surface area (Å²) < 4.78 is 36.1. The zero-order valence-electron chi connectivity index (χ0n) is 20.4. The van der Waals surface area contributed by atoms with Gasteiger partial charge in [0.25, 0.3) is 0 Å². The van der Waals surface area contributed by atoms with E-state index in [0.29, 0.717) is 28.4 Å². The number of benzene rings is 2. The zero-order valence-corrected chi connectivity index (χ0v) is 20.4. The molecule has 5 aromatic rings. The van der Waals surface area contributed by atoms with Gasteiger partial charge >= 0.3 is 6.03 Å². The maximum absolute atomic E-state index is 14.8. The number of urea groups is 1. The van der Waals surface area contributed by atoms with Crippen LogP contribution in [-0.4, -0.2) is 31.0 Å². The van der Waals surface area contributed by atoms with Crippen molar-refractivity contribution in [3.8, 4) is 34.0 Å². The summed E-state index contributed by atoms with van der Waals surface area (Å²) in [4.78, 5) is 17.0. The summed E-state index contributed by atoms with van der Waals surface area (Å²) in [5, 5.41) is 16.3. The van der Waals surface area contributed by atoms with Crippen LogP contribution in [0, 0.1) is 11.6 Å². The molecule has 2 amide bonds.